The monoisotopic (exact) mass is 575 g/mol. The first-order chi connectivity index (χ1) is 19.5. The van der Waals surface area contributed by atoms with Crippen LogP contribution in [0.1, 0.15) is 44.6 Å². The Kier molecular flexibility index (Phi) is 7.59. The van der Waals surface area contributed by atoms with Crippen molar-refractivity contribution in [1.29, 1.82) is 0 Å². The number of nitrogens with zero attached hydrogens (tertiary/aromatic N) is 2. The molecular weight excluding hydrogens is 546 g/mol. The number of pyridine rings is 1. The summed E-state index contributed by atoms with van der Waals surface area (Å²) in [7, 11) is 1.31. The summed E-state index contributed by atoms with van der Waals surface area (Å²) in [6.07, 6.45) is 2.02. The number of H-pyrrole nitrogens is 1. The van der Waals surface area contributed by atoms with Gasteiger partial charge < -0.3 is 19.0 Å². The summed E-state index contributed by atoms with van der Waals surface area (Å²) in [6.45, 7) is 5.36. The lowest BCUT2D eigenvalue weighted by molar-refractivity contribution is 0.0636. The summed E-state index contributed by atoms with van der Waals surface area (Å²) in [4.78, 5) is 45.2. The van der Waals surface area contributed by atoms with E-state index in [1.54, 1.807) is 67.9 Å². The first-order valence-electron chi connectivity index (χ1n) is 13.1. The molecule has 1 atom stereocenters. The van der Waals surface area contributed by atoms with E-state index in [0.29, 0.717) is 39.8 Å². The molecule has 212 valence electrons. The molecule has 0 saturated heterocycles. The predicted octanol–water partition coefficient (Wildman–Crippen LogP) is 6.62. The zero-order valence-electron chi connectivity index (χ0n) is 23.1. The Morgan fingerprint density at radius 2 is 1.78 bits per heavy atom. The van der Waals surface area contributed by atoms with Crippen molar-refractivity contribution in [3.63, 3.8) is 0 Å². The second-order valence-electron chi connectivity index (χ2n) is 10.7. The minimum absolute atomic E-state index is 0.169. The molecule has 2 amide bonds. The first kappa shape index (κ1) is 28.0. The van der Waals surface area contributed by atoms with E-state index in [1.165, 1.54) is 7.11 Å². The minimum atomic E-state index is -0.657. The van der Waals surface area contributed by atoms with Crippen molar-refractivity contribution in [3.05, 3.63) is 87.6 Å². The summed E-state index contributed by atoms with van der Waals surface area (Å²) in [5.41, 5.74) is 4.07. The number of amides is 2. The quantitative estimate of drug-likeness (QED) is 0.245. The fourth-order valence-corrected chi connectivity index (χ4v) is 5.03. The van der Waals surface area contributed by atoms with E-state index in [4.69, 9.17) is 16.3 Å². The number of methoxy groups -OCH3 is 1. The van der Waals surface area contributed by atoms with Crippen LogP contribution < -0.4 is 16.2 Å². The Bertz CT molecular complexity index is 1670. The number of aryl methyl sites for hydroxylation is 1. The molecule has 0 aliphatic carbocycles. The largest absolute Gasteiger partial charge is 0.453 e. The Labute approximate surface area is 241 Å². The lowest BCUT2D eigenvalue weighted by Crippen LogP contribution is -2.27. The number of carbonyl (C=O) groups excluding carboxylic acids is 2. The topological polar surface area (TPSA) is 127 Å². The standard InChI is InChI=1S/C30H30ClN5O5/c1-30(2,3)41-29(39)35-23-11-7-19(31)15-22(23)18-13-21-10-12-25(36(21)26(37)14-18)24-16-32-27(34-24)17-5-8-20(9-6-17)33-28(38)40-4/h5-9,11,13-16,25H,10,12H2,1-4H3,(H,32,34)(H,33,38)(H,35,39). The normalized spacial score (nSPS) is 14.3. The highest BCUT2D eigenvalue weighted by Crippen LogP contribution is 2.35. The van der Waals surface area contributed by atoms with Gasteiger partial charge in [0.1, 0.15) is 11.4 Å². The van der Waals surface area contributed by atoms with Crippen molar-refractivity contribution in [2.24, 2.45) is 0 Å². The summed E-state index contributed by atoms with van der Waals surface area (Å²) in [6, 6.07) is 15.6. The van der Waals surface area contributed by atoms with Crippen LogP contribution in [0.5, 0.6) is 0 Å². The van der Waals surface area contributed by atoms with E-state index < -0.39 is 17.8 Å². The van der Waals surface area contributed by atoms with Gasteiger partial charge in [0.15, 0.2) is 0 Å². The summed E-state index contributed by atoms with van der Waals surface area (Å²) in [5.74, 6) is 0.652. The highest BCUT2D eigenvalue weighted by molar-refractivity contribution is 6.31. The molecule has 3 heterocycles. The van der Waals surface area contributed by atoms with Crippen LogP contribution in [0.15, 0.2) is 65.6 Å². The highest BCUT2D eigenvalue weighted by atomic mass is 35.5. The molecule has 0 radical (unpaired) electrons. The Morgan fingerprint density at radius 3 is 2.49 bits per heavy atom. The number of benzene rings is 2. The van der Waals surface area contributed by atoms with Crippen molar-refractivity contribution < 1.29 is 19.1 Å². The zero-order valence-corrected chi connectivity index (χ0v) is 23.8. The number of rotatable bonds is 5. The van der Waals surface area contributed by atoms with Crippen LogP contribution in [-0.4, -0.2) is 39.4 Å². The van der Waals surface area contributed by atoms with Crippen LogP contribution in [0.4, 0.5) is 21.0 Å². The van der Waals surface area contributed by atoms with Gasteiger partial charge >= 0.3 is 12.2 Å². The Morgan fingerprint density at radius 1 is 1.02 bits per heavy atom. The van der Waals surface area contributed by atoms with Crippen LogP contribution in [0.2, 0.25) is 5.02 Å². The van der Waals surface area contributed by atoms with E-state index in [1.807, 2.05) is 18.2 Å². The van der Waals surface area contributed by atoms with Gasteiger partial charge in [-0.3, -0.25) is 15.4 Å². The van der Waals surface area contributed by atoms with E-state index in [9.17, 15) is 14.4 Å². The predicted molar refractivity (Wildman–Crippen MR) is 158 cm³/mol. The van der Waals surface area contributed by atoms with Gasteiger partial charge in [-0.05, 0) is 87.7 Å². The maximum absolute atomic E-state index is 13.5. The average molecular weight is 576 g/mol. The molecule has 5 rings (SSSR count). The average Bonchev–Trinajstić information content (AvgIpc) is 3.57. The molecule has 1 unspecified atom stereocenters. The van der Waals surface area contributed by atoms with Gasteiger partial charge in [0, 0.05) is 33.6 Å². The fraction of sp³-hybridized carbons (Fsp3) is 0.267. The molecule has 0 saturated carbocycles. The number of hydrogen-bond acceptors (Lipinski definition) is 6. The molecule has 0 fully saturated rings. The number of carbonyl (C=O) groups is 2. The molecule has 1 aliphatic heterocycles. The second kappa shape index (κ2) is 11.1. The third kappa shape index (κ3) is 6.28. The maximum Gasteiger partial charge on any atom is 0.412 e. The van der Waals surface area contributed by atoms with Crippen LogP contribution in [-0.2, 0) is 15.9 Å². The summed E-state index contributed by atoms with van der Waals surface area (Å²) in [5, 5.41) is 5.87. The smallest absolute Gasteiger partial charge is 0.412 e. The van der Waals surface area contributed by atoms with Gasteiger partial charge in [-0.1, -0.05) is 11.6 Å². The number of anilines is 2. The lowest BCUT2D eigenvalue weighted by Gasteiger charge is -2.21. The van der Waals surface area contributed by atoms with E-state index in [2.05, 4.69) is 25.3 Å². The van der Waals surface area contributed by atoms with Crippen molar-refractivity contribution in [2.45, 2.75) is 45.3 Å². The Balaban J connectivity index is 1.40. The highest BCUT2D eigenvalue weighted by Gasteiger charge is 2.27. The number of hydrogen-bond donors (Lipinski definition) is 3. The second-order valence-corrected chi connectivity index (χ2v) is 11.1. The molecule has 2 aromatic carbocycles. The van der Waals surface area contributed by atoms with Gasteiger partial charge in [-0.25, -0.2) is 14.6 Å². The van der Waals surface area contributed by atoms with Crippen LogP contribution in [0.3, 0.4) is 0 Å². The van der Waals surface area contributed by atoms with Crippen LogP contribution in [0, 0.1) is 0 Å². The fourth-order valence-electron chi connectivity index (χ4n) is 4.85. The third-order valence-electron chi connectivity index (χ3n) is 6.61. The van der Waals surface area contributed by atoms with E-state index in [0.717, 1.165) is 23.4 Å². The molecule has 4 aromatic rings. The maximum atomic E-state index is 13.5. The van der Waals surface area contributed by atoms with Crippen molar-refractivity contribution in [1.82, 2.24) is 14.5 Å². The van der Waals surface area contributed by atoms with E-state index in [-0.39, 0.29) is 11.6 Å². The van der Waals surface area contributed by atoms with E-state index >= 15 is 0 Å². The number of halogens is 1. The minimum Gasteiger partial charge on any atom is -0.453 e. The molecule has 2 aromatic heterocycles. The zero-order chi connectivity index (χ0) is 29.3. The molecule has 3 N–H and O–H groups in total. The summed E-state index contributed by atoms with van der Waals surface area (Å²) < 4.78 is 11.8. The van der Waals surface area contributed by atoms with Crippen LogP contribution in [0.25, 0.3) is 22.5 Å². The molecule has 0 bridgehead atoms. The van der Waals surface area contributed by atoms with Gasteiger partial charge in [0.2, 0.25) is 0 Å². The van der Waals surface area contributed by atoms with Crippen molar-refractivity contribution in [3.8, 4) is 22.5 Å². The van der Waals surface area contributed by atoms with Gasteiger partial charge in [-0.15, -0.1) is 0 Å². The number of ether oxygens (including phenoxy) is 2. The lowest BCUT2D eigenvalue weighted by atomic mass is 10.0. The number of imidazole rings is 1. The molecule has 0 spiro atoms. The summed E-state index contributed by atoms with van der Waals surface area (Å²) >= 11 is 6.30. The van der Waals surface area contributed by atoms with Crippen molar-refractivity contribution in [2.75, 3.05) is 17.7 Å². The Hall–Kier alpha value is -4.57. The van der Waals surface area contributed by atoms with Crippen LogP contribution >= 0.6 is 11.6 Å². The first-order valence-corrected chi connectivity index (χ1v) is 13.4. The molecular formula is C30H30ClN5O5. The number of aromatic amines is 1. The van der Waals surface area contributed by atoms with Gasteiger partial charge in [0.25, 0.3) is 5.56 Å². The third-order valence-corrected chi connectivity index (χ3v) is 6.84. The van der Waals surface area contributed by atoms with Gasteiger partial charge in [-0.2, -0.15) is 0 Å². The SMILES string of the molecule is COC(=O)Nc1ccc(-c2ncc(C3CCc4cc(-c5cc(Cl)ccc5NC(=O)OC(C)(C)C)cc(=O)n43)[nH]2)cc1. The van der Waals surface area contributed by atoms with Crippen molar-refractivity contribution >= 4 is 35.2 Å². The molecule has 10 nitrogen and oxygen atoms in total. The number of nitrogens with one attached hydrogen (secondary N) is 3. The molecule has 41 heavy (non-hydrogen) atoms. The molecule has 1 aliphatic rings. The molecule has 11 heteroatoms. The number of fused-ring (bicyclic) bond motifs is 1. The number of aromatic nitrogens is 3. The van der Waals surface area contributed by atoms with Gasteiger partial charge in [0.05, 0.1) is 30.7 Å².